The van der Waals surface area contributed by atoms with Crippen LogP contribution in [-0.4, -0.2) is 65.6 Å². The van der Waals surface area contributed by atoms with Crippen LogP contribution in [0.15, 0.2) is 40.9 Å². The van der Waals surface area contributed by atoms with E-state index < -0.39 is 0 Å². The fraction of sp³-hybridized carbons (Fsp3) is 0.364. The molecule has 3 heterocycles. The van der Waals surface area contributed by atoms with Crippen molar-refractivity contribution in [3.8, 4) is 5.75 Å². The SMILES string of the molecule is Cc1nc(N2CCCN(C)CC2)nc2ccc(NC(=O)COc3ccc(Br)cc3)nc12. The van der Waals surface area contributed by atoms with Gasteiger partial charge in [0.15, 0.2) is 6.61 Å². The maximum absolute atomic E-state index is 12.3. The summed E-state index contributed by atoms with van der Waals surface area (Å²) < 4.78 is 6.46. The number of ether oxygens (including phenoxy) is 1. The molecule has 1 saturated heterocycles. The van der Waals surface area contributed by atoms with Crippen molar-refractivity contribution in [2.45, 2.75) is 13.3 Å². The lowest BCUT2D eigenvalue weighted by molar-refractivity contribution is -0.118. The van der Waals surface area contributed by atoms with Gasteiger partial charge >= 0.3 is 0 Å². The van der Waals surface area contributed by atoms with Crippen molar-refractivity contribution in [3.63, 3.8) is 0 Å². The van der Waals surface area contributed by atoms with E-state index in [1.807, 2.05) is 25.1 Å². The smallest absolute Gasteiger partial charge is 0.263 e. The van der Waals surface area contributed by atoms with Crippen LogP contribution in [0.3, 0.4) is 0 Å². The molecular weight excluding hydrogens is 460 g/mol. The molecule has 0 radical (unpaired) electrons. The number of nitrogens with one attached hydrogen (secondary N) is 1. The number of carbonyl (C=O) groups is 1. The van der Waals surface area contributed by atoms with Gasteiger partial charge in [0.25, 0.3) is 5.91 Å². The summed E-state index contributed by atoms with van der Waals surface area (Å²) in [5, 5.41) is 2.78. The summed E-state index contributed by atoms with van der Waals surface area (Å²) in [6.45, 7) is 5.74. The first-order valence-electron chi connectivity index (χ1n) is 10.2. The van der Waals surface area contributed by atoms with Gasteiger partial charge in [-0.1, -0.05) is 15.9 Å². The molecule has 1 amide bonds. The molecule has 1 fully saturated rings. The molecule has 1 aromatic carbocycles. The topological polar surface area (TPSA) is 83.5 Å². The van der Waals surface area contributed by atoms with Crippen LogP contribution < -0.4 is 15.0 Å². The average Bonchev–Trinajstić information content (AvgIpc) is 2.98. The van der Waals surface area contributed by atoms with Gasteiger partial charge in [0.2, 0.25) is 5.95 Å². The van der Waals surface area contributed by atoms with Crippen molar-refractivity contribution in [1.29, 1.82) is 0 Å². The molecule has 0 unspecified atom stereocenters. The Morgan fingerprint density at radius 3 is 2.68 bits per heavy atom. The predicted octanol–water partition coefficient (Wildman–Crippen LogP) is 3.26. The van der Waals surface area contributed by atoms with Crippen LogP contribution >= 0.6 is 15.9 Å². The number of amides is 1. The number of aryl methyl sites for hydroxylation is 1. The van der Waals surface area contributed by atoms with Crippen LogP contribution in [0, 0.1) is 6.92 Å². The highest BCUT2D eigenvalue weighted by molar-refractivity contribution is 9.10. The molecule has 31 heavy (non-hydrogen) atoms. The molecule has 1 aliphatic rings. The van der Waals surface area contributed by atoms with Gasteiger partial charge in [-0.25, -0.2) is 15.0 Å². The maximum Gasteiger partial charge on any atom is 0.263 e. The largest absolute Gasteiger partial charge is 0.484 e. The van der Waals surface area contributed by atoms with E-state index in [-0.39, 0.29) is 12.5 Å². The maximum atomic E-state index is 12.3. The zero-order valence-corrected chi connectivity index (χ0v) is 19.2. The summed E-state index contributed by atoms with van der Waals surface area (Å²) in [4.78, 5) is 30.8. The van der Waals surface area contributed by atoms with Crippen LogP contribution in [0.5, 0.6) is 5.75 Å². The third-order valence-electron chi connectivity index (χ3n) is 5.16. The Kier molecular flexibility index (Phi) is 6.62. The monoisotopic (exact) mass is 484 g/mol. The van der Waals surface area contributed by atoms with E-state index in [2.05, 4.69) is 48.1 Å². The van der Waals surface area contributed by atoms with Crippen LogP contribution in [0.4, 0.5) is 11.8 Å². The van der Waals surface area contributed by atoms with Gasteiger partial charge in [0.1, 0.15) is 17.1 Å². The van der Waals surface area contributed by atoms with Crippen LogP contribution in [0.2, 0.25) is 0 Å². The summed E-state index contributed by atoms with van der Waals surface area (Å²) in [6.07, 6.45) is 1.09. The number of pyridine rings is 1. The van der Waals surface area contributed by atoms with Gasteiger partial charge in [-0.15, -0.1) is 0 Å². The second-order valence-electron chi connectivity index (χ2n) is 7.61. The van der Waals surface area contributed by atoms with Crippen molar-refractivity contribution >= 4 is 44.6 Å². The minimum atomic E-state index is -0.279. The Labute approximate surface area is 189 Å². The van der Waals surface area contributed by atoms with Gasteiger partial charge in [0.05, 0.1) is 11.2 Å². The summed E-state index contributed by atoms with van der Waals surface area (Å²) in [7, 11) is 2.14. The molecule has 9 heteroatoms. The highest BCUT2D eigenvalue weighted by Gasteiger charge is 2.17. The molecular formula is C22H25BrN6O2. The number of rotatable bonds is 5. The number of aromatic nitrogens is 3. The van der Waals surface area contributed by atoms with E-state index in [0.29, 0.717) is 17.1 Å². The fourth-order valence-corrected chi connectivity index (χ4v) is 3.72. The van der Waals surface area contributed by atoms with Crippen molar-refractivity contribution in [2.75, 3.05) is 50.1 Å². The molecule has 8 nitrogen and oxygen atoms in total. The molecule has 0 saturated carbocycles. The average molecular weight is 485 g/mol. The molecule has 3 aromatic rings. The Morgan fingerprint density at radius 2 is 1.87 bits per heavy atom. The Bertz CT molecular complexity index is 1080. The summed E-state index contributed by atoms with van der Waals surface area (Å²) in [5.74, 6) is 1.54. The van der Waals surface area contributed by atoms with E-state index in [1.54, 1.807) is 18.2 Å². The molecule has 2 aromatic heterocycles. The standard InChI is InChI=1S/C22H25BrN6O2/c1-15-21-18(25-22(24-15)29-11-3-10-28(2)12-13-29)8-9-19(27-21)26-20(30)14-31-17-6-4-16(23)5-7-17/h4-9H,3,10-14H2,1-2H3,(H,26,27,30). The Balaban J connectivity index is 1.44. The van der Waals surface area contributed by atoms with Crippen LogP contribution in [0.25, 0.3) is 11.0 Å². The molecule has 162 valence electrons. The fourth-order valence-electron chi connectivity index (χ4n) is 3.46. The van der Waals surface area contributed by atoms with Crippen molar-refractivity contribution in [3.05, 3.63) is 46.6 Å². The predicted molar refractivity (Wildman–Crippen MR) is 125 cm³/mol. The lowest BCUT2D eigenvalue weighted by Crippen LogP contribution is -2.30. The summed E-state index contributed by atoms with van der Waals surface area (Å²) in [5.41, 5.74) is 2.24. The van der Waals surface area contributed by atoms with E-state index >= 15 is 0 Å². The molecule has 0 aliphatic carbocycles. The van der Waals surface area contributed by atoms with Gasteiger partial charge in [0, 0.05) is 24.1 Å². The summed E-state index contributed by atoms with van der Waals surface area (Å²) >= 11 is 3.37. The molecule has 0 atom stereocenters. The highest BCUT2D eigenvalue weighted by Crippen LogP contribution is 2.21. The first-order chi connectivity index (χ1) is 15.0. The molecule has 1 aliphatic heterocycles. The number of carbonyl (C=O) groups excluding carboxylic acids is 1. The van der Waals surface area contributed by atoms with E-state index in [4.69, 9.17) is 9.72 Å². The molecule has 4 rings (SSSR count). The molecule has 0 bridgehead atoms. The minimum Gasteiger partial charge on any atom is -0.484 e. The summed E-state index contributed by atoms with van der Waals surface area (Å²) in [6, 6.07) is 10.9. The van der Waals surface area contributed by atoms with E-state index in [0.717, 1.165) is 54.2 Å². The lowest BCUT2D eigenvalue weighted by atomic mass is 10.3. The number of hydrogen-bond acceptors (Lipinski definition) is 7. The second kappa shape index (κ2) is 9.57. The third-order valence-corrected chi connectivity index (χ3v) is 5.69. The van der Waals surface area contributed by atoms with Crippen molar-refractivity contribution in [2.24, 2.45) is 0 Å². The number of nitrogens with zero attached hydrogens (tertiary/aromatic N) is 5. The van der Waals surface area contributed by atoms with Gasteiger partial charge in [-0.3, -0.25) is 4.79 Å². The van der Waals surface area contributed by atoms with E-state index in [9.17, 15) is 4.79 Å². The van der Waals surface area contributed by atoms with Crippen molar-refractivity contribution in [1.82, 2.24) is 19.9 Å². The van der Waals surface area contributed by atoms with E-state index in [1.165, 1.54) is 0 Å². The number of fused-ring (bicyclic) bond motifs is 1. The Morgan fingerprint density at radius 1 is 1.06 bits per heavy atom. The molecule has 0 spiro atoms. The number of anilines is 2. The van der Waals surface area contributed by atoms with Crippen molar-refractivity contribution < 1.29 is 9.53 Å². The first kappa shape index (κ1) is 21.5. The minimum absolute atomic E-state index is 0.0980. The Hall–Kier alpha value is -2.78. The number of halogens is 1. The zero-order valence-electron chi connectivity index (χ0n) is 17.6. The zero-order chi connectivity index (χ0) is 21.8. The van der Waals surface area contributed by atoms with Gasteiger partial charge < -0.3 is 19.9 Å². The number of benzene rings is 1. The quantitative estimate of drug-likeness (QED) is 0.594. The van der Waals surface area contributed by atoms with Crippen LogP contribution in [0.1, 0.15) is 12.1 Å². The lowest BCUT2D eigenvalue weighted by Gasteiger charge is -2.21. The van der Waals surface area contributed by atoms with Crippen LogP contribution in [-0.2, 0) is 4.79 Å². The number of likely N-dealkylation sites (N-methyl/N-ethyl adjacent to an activating group) is 1. The highest BCUT2D eigenvalue weighted by atomic mass is 79.9. The van der Waals surface area contributed by atoms with Gasteiger partial charge in [-0.2, -0.15) is 0 Å². The third kappa shape index (κ3) is 5.48. The first-order valence-corrected chi connectivity index (χ1v) is 11.0. The normalized spacial score (nSPS) is 15.0. The molecule has 1 N–H and O–H groups in total. The second-order valence-corrected chi connectivity index (χ2v) is 8.52. The number of hydrogen-bond donors (Lipinski definition) is 1. The van der Waals surface area contributed by atoms with Gasteiger partial charge in [-0.05, 0) is 63.3 Å².